The zero-order valence-electron chi connectivity index (χ0n) is 13.7. The summed E-state index contributed by atoms with van der Waals surface area (Å²) in [5.41, 5.74) is 2.70. The van der Waals surface area contributed by atoms with Gasteiger partial charge in [0.1, 0.15) is 0 Å². The van der Waals surface area contributed by atoms with Crippen molar-refractivity contribution in [3.63, 3.8) is 0 Å². The summed E-state index contributed by atoms with van der Waals surface area (Å²) in [5.74, 6) is 0.518. The summed E-state index contributed by atoms with van der Waals surface area (Å²) < 4.78 is 32.6. The fourth-order valence-corrected chi connectivity index (χ4v) is 3.36. The van der Waals surface area contributed by atoms with Crippen molar-refractivity contribution < 1.29 is 12.8 Å². The molecule has 0 amide bonds. The van der Waals surface area contributed by atoms with Gasteiger partial charge in [0.25, 0.3) is 0 Å². The predicted octanol–water partition coefficient (Wildman–Crippen LogP) is 3.49. The van der Waals surface area contributed by atoms with E-state index in [9.17, 15) is 8.42 Å². The van der Waals surface area contributed by atoms with Crippen LogP contribution < -0.4 is 4.72 Å². The van der Waals surface area contributed by atoms with Gasteiger partial charge in [0.15, 0.2) is 0 Å². The third kappa shape index (κ3) is 4.07. The second-order valence-electron chi connectivity index (χ2n) is 5.60. The number of hydrogen-bond acceptors (Lipinski definition) is 5. The second-order valence-corrected chi connectivity index (χ2v) is 7.78. The maximum absolute atomic E-state index is 12.3. The van der Waals surface area contributed by atoms with E-state index >= 15 is 0 Å². The van der Waals surface area contributed by atoms with Gasteiger partial charge in [0, 0.05) is 10.6 Å². The molecule has 0 aliphatic heterocycles. The molecule has 0 radical (unpaired) electrons. The van der Waals surface area contributed by atoms with E-state index in [0.717, 1.165) is 16.7 Å². The summed E-state index contributed by atoms with van der Waals surface area (Å²) >= 11 is 5.99. The Morgan fingerprint density at radius 3 is 2.48 bits per heavy atom. The topological polar surface area (TPSA) is 85.1 Å². The number of hydrogen-bond donors (Lipinski definition) is 1. The summed E-state index contributed by atoms with van der Waals surface area (Å²) in [6, 6.07) is 12.2. The molecule has 1 aromatic heterocycles. The van der Waals surface area contributed by atoms with Gasteiger partial charge in [-0.25, -0.2) is 13.1 Å². The first-order valence-corrected chi connectivity index (χ1v) is 9.36. The number of aromatic nitrogens is 2. The summed E-state index contributed by atoms with van der Waals surface area (Å²) in [7, 11) is -3.72. The molecule has 25 heavy (non-hydrogen) atoms. The first kappa shape index (κ1) is 17.6. The lowest BCUT2D eigenvalue weighted by molar-refractivity contribution is 0.494. The maximum Gasteiger partial charge on any atom is 0.247 e. The molecule has 8 heteroatoms. The van der Waals surface area contributed by atoms with Gasteiger partial charge >= 0.3 is 0 Å². The summed E-state index contributed by atoms with van der Waals surface area (Å²) in [4.78, 5) is 0.0846. The molecule has 3 aromatic rings. The van der Waals surface area contributed by atoms with Gasteiger partial charge in [-0.2, -0.15) is 0 Å². The molecule has 1 N–H and O–H groups in total. The van der Waals surface area contributed by atoms with Crippen molar-refractivity contribution in [3.05, 3.63) is 64.5 Å². The van der Waals surface area contributed by atoms with Gasteiger partial charge in [-0.3, -0.25) is 0 Å². The van der Waals surface area contributed by atoms with E-state index in [1.165, 1.54) is 12.1 Å². The zero-order valence-corrected chi connectivity index (χ0v) is 15.2. The number of nitrogens with zero attached hydrogens (tertiary/aromatic N) is 2. The van der Waals surface area contributed by atoms with Crippen LogP contribution in [0.2, 0.25) is 5.02 Å². The predicted molar refractivity (Wildman–Crippen MR) is 94.7 cm³/mol. The van der Waals surface area contributed by atoms with Crippen LogP contribution in [0.5, 0.6) is 0 Å². The van der Waals surface area contributed by atoms with E-state index in [1.807, 2.05) is 31.2 Å². The Bertz CT molecular complexity index is 998. The molecule has 0 saturated carbocycles. The van der Waals surface area contributed by atoms with Crippen LogP contribution in [-0.2, 0) is 16.6 Å². The average Bonchev–Trinajstić information content (AvgIpc) is 3.05. The summed E-state index contributed by atoms with van der Waals surface area (Å²) in [6.45, 7) is 3.68. The molecule has 0 atom stereocenters. The lowest BCUT2D eigenvalue weighted by atomic mass is 10.1. The van der Waals surface area contributed by atoms with Crippen LogP contribution in [0, 0.1) is 13.8 Å². The number of benzene rings is 2. The van der Waals surface area contributed by atoms with Crippen LogP contribution in [0.3, 0.4) is 0 Å². The van der Waals surface area contributed by atoms with Crippen molar-refractivity contribution >= 4 is 21.6 Å². The normalized spacial score (nSPS) is 11.6. The summed E-state index contributed by atoms with van der Waals surface area (Å²) in [5, 5.41) is 8.21. The highest BCUT2D eigenvalue weighted by atomic mass is 35.5. The van der Waals surface area contributed by atoms with Gasteiger partial charge in [-0.15, -0.1) is 10.2 Å². The van der Waals surface area contributed by atoms with Crippen LogP contribution >= 0.6 is 11.6 Å². The lowest BCUT2D eigenvalue weighted by Crippen LogP contribution is -2.23. The number of rotatable bonds is 5. The molecule has 2 aromatic carbocycles. The minimum atomic E-state index is -3.72. The van der Waals surface area contributed by atoms with Crippen molar-refractivity contribution in [3.8, 4) is 11.5 Å². The van der Waals surface area contributed by atoms with Gasteiger partial charge < -0.3 is 4.42 Å². The SMILES string of the molecule is Cc1ccc(-c2nnc(CNS(=O)(=O)c3ccc(C)c(Cl)c3)o2)cc1. The molecule has 0 aliphatic carbocycles. The number of nitrogens with one attached hydrogen (secondary N) is 1. The van der Waals surface area contributed by atoms with E-state index in [1.54, 1.807) is 13.0 Å². The molecule has 0 saturated heterocycles. The number of aryl methyl sites for hydroxylation is 2. The Morgan fingerprint density at radius 2 is 1.80 bits per heavy atom. The largest absolute Gasteiger partial charge is 0.419 e. The minimum Gasteiger partial charge on any atom is -0.419 e. The quantitative estimate of drug-likeness (QED) is 0.735. The second kappa shape index (κ2) is 6.95. The number of sulfonamides is 1. The van der Waals surface area contributed by atoms with Crippen LogP contribution in [-0.4, -0.2) is 18.6 Å². The van der Waals surface area contributed by atoms with Gasteiger partial charge in [0.2, 0.25) is 21.8 Å². The van der Waals surface area contributed by atoms with E-state index in [2.05, 4.69) is 14.9 Å². The van der Waals surface area contributed by atoms with E-state index in [0.29, 0.717) is 10.9 Å². The highest BCUT2D eigenvalue weighted by molar-refractivity contribution is 7.89. The Morgan fingerprint density at radius 1 is 1.08 bits per heavy atom. The molecule has 0 fully saturated rings. The van der Waals surface area contributed by atoms with Crippen LogP contribution in [0.25, 0.3) is 11.5 Å². The Hall–Kier alpha value is -2.22. The van der Waals surface area contributed by atoms with Gasteiger partial charge in [-0.1, -0.05) is 35.4 Å². The summed E-state index contributed by atoms with van der Waals surface area (Å²) in [6.07, 6.45) is 0. The first-order valence-electron chi connectivity index (χ1n) is 7.50. The van der Waals surface area contributed by atoms with Crippen molar-refractivity contribution in [2.75, 3.05) is 0 Å². The lowest BCUT2D eigenvalue weighted by Gasteiger charge is -2.06. The molecule has 0 aliphatic rings. The highest BCUT2D eigenvalue weighted by Gasteiger charge is 2.17. The zero-order chi connectivity index (χ0) is 18.0. The van der Waals surface area contributed by atoms with Gasteiger partial charge in [0.05, 0.1) is 11.4 Å². The molecular weight excluding hydrogens is 362 g/mol. The molecule has 6 nitrogen and oxygen atoms in total. The fourth-order valence-electron chi connectivity index (χ4n) is 2.12. The molecule has 130 valence electrons. The van der Waals surface area contributed by atoms with E-state index < -0.39 is 10.0 Å². The van der Waals surface area contributed by atoms with Crippen molar-refractivity contribution in [2.24, 2.45) is 0 Å². The molecule has 0 spiro atoms. The maximum atomic E-state index is 12.3. The molecule has 1 heterocycles. The fraction of sp³-hybridized carbons (Fsp3) is 0.176. The third-order valence-corrected chi connectivity index (χ3v) is 5.44. The van der Waals surface area contributed by atoms with Crippen molar-refractivity contribution in [1.29, 1.82) is 0 Å². The first-order chi connectivity index (χ1) is 11.8. The van der Waals surface area contributed by atoms with Crippen molar-refractivity contribution in [1.82, 2.24) is 14.9 Å². The molecule has 0 unspecified atom stereocenters. The third-order valence-electron chi connectivity index (χ3n) is 3.63. The Balaban J connectivity index is 1.73. The molecule has 3 rings (SSSR count). The monoisotopic (exact) mass is 377 g/mol. The smallest absolute Gasteiger partial charge is 0.247 e. The van der Waals surface area contributed by atoms with Gasteiger partial charge in [-0.05, 0) is 43.7 Å². The highest BCUT2D eigenvalue weighted by Crippen LogP contribution is 2.21. The van der Waals surface area contributed by atoms with E-state index in [-0.39, 0.29) is 17.3 Å². The minimum absolute atomic E-state index is 0.0846. The Kier molecular flexibility index (Phi) is 4.89. The molecule has 0 bridgehead atoms. The Labute approximate surface area is 150 Å². The standard InChI is InChI=1S/C17H16ClN3O3S/c1-11-3-6-13(7-4-11)17-21-20-16(24-17)10-19-25(22,23)14-8-5-12(2)15(18)9-14/h3-9,19H,10H2,1-2H3. The van der Waals surface area contributed by atoms with Crippen LogP contribution in [0.1, 0.15) is 17.0 Å². The number of halogens is 1. The van der Waals surface area contributed by atoms with Crippen molar-refractivity contribution in [2.45, 2.75) is 25.3 Å². The molecular formula is C17H16ClN3O3S. The average molecular weight is 378 g/mol. The van der Waals surface area contributed by atoms with E-state index in [4.69, 9.17) is 16.0 Å². The van der Waals surface area contributed by atoms with Crippen LogP contribution in [0.15, 0.2) is 51.8 Å². The van der Waals surface area contributed by atoms with Crippen LogP contribution in [0.4, 0.5) is 0 Å².